The molecule has 0 bridgehead atoms. The molecule has 0 aromatic heterocycles. The molecule has 0 aromatic rings. The van der Waals surface area contributed by atoms with Crippen molar-refractivity contribution >= 4 is 0 Å². The minimum Gasteiger partial charge on any atom is -0.394 e. The fraction of sp³-hybridized carbons (Fsp3) is 1.00. The molecule has 0 heterocycles. The summed E-state index contributed by atoms with van der Waals surface area (Å²) in [5, 5.41) is 62.5. The Hall–Kier alpha value is -0.320. The van der Waals surface area contributed by atoms with Crippen molar-refractivity contribution < 1.29 is 40.5 Å². The van der Waals surface area contributed by atoms with E-state index in [4.69, 9.17) is 25.2 Å². The lowest BCUT2D eigenvalue weighted by atomic mass is 9.93. The molecule has 5 atom stereocenters. The van der Waals surface area contributed by atoms with Crippen LogP contribution in [0.1, 0.15) is 83.1 Å². The highest BCUT2D eigenvalue weighted by molar-refractivity contribution is 4.78. The fourth-order valence-electron chi connectivity index (χ4n) is 2.23. The number of methoxy groups -OCH3 is 1. The lowest BCUT2D eigenvalue weighted by Crippen LogP contribution is -2.39. The number of hydrogen-bond donors (Lipinski definition) is 7. The number of aliphatic hydroxyl groups is 7. The summed E-state index contributed by atoms with van der Waals surface area (Å²) in [6.07, 6.45) is -1.41. The van der Waals surface area contributed by atoms with Gasteiger partial charge < -0.3 is 40.5 Å². The topological polar surface area (TPSA) is 151 Å². The van der Waals surface area contributed by atoms with E-state index in [0.717, 1.165) is 0 Å². The molecule has 0 fully saturated rings. The second-order valence-electron chi connectivity index (χ2n) is 11.2. The van der Waals surface area contributed by atoms with E-state index >= 15 is 0 Å². The Morgan fingerprint density at radius 3 is 1.21 bits per heavy atom. The Morgan fingerprint density at radius 2 is 1.12 bits per heavy atom. The standard InChI is InChI=1S/C8H18O2.C7H16O2.C6H14O2.C5H12O2/c1-6(2)8(9)7(3)5-10-4;1-5(2)6(8)7(3,4)9;1-5(2)6(3,8)4-7;1-4(2)5(7)3-6/h6-9H,5H2,1-4H3;5-6,8-9H,1-4H3;5,7-8H,4H2,1-3H3;4-7H,3H2,1-2H3. The summed E-state index contributed by atoms with van der Waals surface area (Å²) in [5.41, 5.74) is -1.87. The first kappa shape index (κ1) is 40.8. The van der Waals surface area contributed by atoms with E-state index in [9.17, 15) is 15.3 Å². The summed E-state index contributed by atoms with van der Waals surface area (Å²) < 4.78 is 4.91. The van der Waals surface area contributed by atoms with Crippen molar-refractivity contribution in [3.8, 4) is 0 Å². The van der Waals surface area contributed by atoms with Gasteiger partial charge in [0.15, 0.2) is 0 Å². The molecule has 0 spiro atoms. The highest BCUT2D eigenvalue weighted by atomic mass is 16.5. The molecule has 0 radical (unpaired) electrons. The molecule has 8 nitrogen and oxygen atoms in total. The average Bonchev–Trinajstić information content (AvgIpc) is 2.72. The zero-order chi connectivity index (χ0) is 28.4. The van der Waals surface area contributed by atoms with Gasteiger partial charge in [-0.3, -0.25) is 0 Å². The molecule has 0 saturated heterocycles. The maximum atomic E-state index is 9.45. The molecule has 0 rings (SSSR count). The summed E-state index contributed by atoms with van der Waals surface area (Å²) in [7, 11) is 1.66. The molecule has 0 aliphatic heterocycles. The lowest BCUT2D eigenvalue weighted by Gasteiger charge is -2.27. The molecule has 7 N–H and O–H groups in total. The fourth-order valence-corrected chi connectivity index (χ4v) is 2.23. The van der Waals surface area contributed by atoms with E-state index in [2.05, 4.69) is 0 Å². The van der Waals surface area contributed by atoms with Crippen LogP contribution >= 0.6 is 0 Å². The molecule has 0 saturated carbocycles. The van der Waals surface area contributed by atoms with Gasteiger partial charge in [0.05, 0.1) is 49.3 Å². The summed E-state index contributed by atoms with van der Waals surface area (Å²) in [6.45, 7) is 22.4. The van der Waals surface area contributed by atoms with Gasteiger partial charge >= 0.3 is 0 Å². The maximum Gasteiger partial charge on any atom is 0.0872 e. The largest absolute Gasteiger partial charge is 0.394 e. The maximum absolute atomic E-state index is 9.45. The molecular weight excluding hydrogens is 440 g/mol. The van der Waals surface area contributed by atoms with Gasteiger partial charge in [0.25, 0.3) is 0 Å². The smallest absolute Gasteiger partial charge is 0.0872 e. The van der Waals surface area contributed by atoms with Crippen molar-refractivity contribution in [3.05, 3.63) is 0 Å². The first-order chi connectivity index (χ1) is 15.1. The predicted molar refractivity (Wildman–Crippen MR) is 140 cm³/mol. The van der Waals surface area contributed by atoms with Crippen LogP contribution in [0.2, 0.25) is 0 Å². The summed E-state index contributed by atoms with van der Waals surface area (Å²) >= 11 is 0. The van der Waals surface area contributed by atoms with Crippen LogP contribution in [-0.4, -0.2) is 92.2 Å². The van der Waals surface area contributed by atoms with Crippen LogP contribution in [0.25, 0.3) is 0 Å². The van der Waals surface area contributed by atoms with E-state index in [1.165, 1.54) is 0 Å². The Balaban J connectivity index is -0.000000178. The van der Waals surface area contributed by atoms with Gasteiger partial charge in [0, 0.05) is 13.0 Å². The van der Waals surface area contributed by atoms with Gasteiger partial charge in [-0.05, 0) is 44.4 Å². The van der Waals surface area contributed by atoms with Crippen molar-refractivity contribution in [2.75, 3.05) is 26.9 Å². The van der Waals surface area contributed by atoms with Crippen molar-refractivity contribution in [1.82, 2.24) is 0 Å². The molecule has 0 aliphatic carbocycles. The highest BCUT2D eigenvalue weighted by Gasteiger charge is 2.26. The van der Waals surface area contributed by atoms with Crippen LogP contribution in [-0.2, 0) is 4.74 Å². The quantitative estimate of drug-likeness (QED) is 0.242. The Morgan fingerprint density at radius 1 is 0.706 bits per heavy atom. The van der Waals surface area contributed by atoms with Crippen molar-refractivity contribution in [2.24, 2.45) is 29.6 Å². The average molecular weight is 501 g/mol. The van der Waals surface area contributed by atoms with E-state index in [1.807, 2.05) is 62.3 Å². The van der Waals surface area contributed by atoms with E-state index in [0.29, 0.717) is 12.5 Å². The van der Waals surface area contributed by atoms with Crippen LogP contribution in [0.4, 0.5) is 0 Å². The van der Waals surface area contributed by atoms with Crippen LogP contribution in [0.5, 0.6) is 0 Å². The van der Waals surface area contributed by atoms with Gasteiger partial charge in [-0.1, -0.05) is 62.3 Å². The van der Waals surface area contributed by atoms with Crippen molar-refractivity contribution in [1.29, 1.82) is 0 Å². The number of ether oxygens (including phenoxy) is 1. The van der Waals surface area contributed by atoms with Crippen LogP contribution in [0, 0.1) is 29.6 Å². The van der Waals surface area contributed by atoms with Gasteiger partial charge in [0.1, 0.15) is 0 Å². The SMILES string of the molecule is CC(C)C(C)(O)CO.CC(C)C(O)C(C)(C)O.CC(C)C(O)CO.COCC(C)C(O)C(C)C. The lowest BCUT2D eigenvalue weighted by molar-refractivity contribution is -0.0695. The third-order valence-electron chi connectivity index (χ3n) is 5.57. The first-order valence-electron chi connectivity index (χ1n) is 12.3. The number of aliphatic hydroxyl groups excluding tert-OH is 5. The molecule has 8 heteroatoms. The summed E-state index contributed by atoms with van der Waals surface area (Å²) in [5.74, 6) is 0.970. The summed E-state index contributed by atoms with van der Waals surface area (Å²) in [4.78, 5) is 0. The van der Waals surface area contributed by atoms with Crippen LogP contribution < -0.4 is 0 Å². The van der Waals surface area contributed by atoms with Crippen molar-refractivity contribution in [2.45, 2.75) is 113 Å². The number of rotatable bonds is 10. The zero-order valence-electron chi connectivity index (χ0n) is 24.3. The molecule has 5 unspecified atom stereocenters. The van der Waals surface area contributed by atoms with E-state index < -0.39 is 23.4 Å². The van der Waals surface area contributed by atoms with Crippen LogP contribution in [0.3, 0.4) is 0 Å². The predicted octanol–water partition coefficient (Wildman–Crippen LogP) is 2.44. The van der Waals surface area contributed by atoms with E-state index in [-0.39, 0.29) is 43.0 Å². The monoisotopic (exact) mass is 500 g/mol. The zero-order valence-corrected chi connectivity index (χ0v) is 24.3. The second-order valence-corrected chi connectivity index (χ2v) is 11.2. The first-order valence-corrected chi connectivity index (χ1v) is 12.3. The third kappa shape index (κ3) is 23.4. The number of hydrogen-bond acceptors (Lipinski definition) is 8. The molecule has 212 valence electrons. The molecule has 34 heavy (non-hydrogen) atoms. The Bertz CT molecular complexity index is 431. The highest BCUT2D eigenvalue weighted by Crippen LogP contribution is 2.15. The molecular formula is C26H60O8. The minimum absolute atomic E-state index is 0.116. The van der Waals surface area contributed by atoms with Crippen molar-refractivity contribution in [3.63, 3.8) is 0 Å². The second kappa shape index (κ2) is 20.8. The summed E-state index contributed by atoms with van der Waals surface area (Å²) in [6, 6.07) is 0. The van der Waals surface area contributed by atoms with Crippen LogP contribution in [0.15, 0.2) is 0 Å². The molecule has 0 aliphatic rings. The van der Waals surface area contributed by atoms with Gasteiger partial charge in [-0.2, -0.15) is 0 Å². The van der Waals surface area contributed by atoms with E-state index in [1.54, 1.807) is 27.9 Å². The Kier molecular flexibility index (Phi) is 25.0. The molecule has 0 amide bonds. The molecule has 0 aromatic carbocycles. The Labute approximate surface area is 210 Å². The normalized spacial score (nSPS) is 16.9. The minimum atomic E-state index is -0.964. The van der Waals surface area contributed by atoms with Gasteiger partial charge in [0.2, 0.25) is 0 Å². The van der Waals surface area contributed by atoms with Gasteiger partial charge in [-0.25, -0.2) is 0 Å². The van der Waals surface area contributed by atoms with Gasteiger partial charge in [-0.15, -0.1) is 0 Å². The third-order valence-corrected chi connectivity index (χ3v) is 5.57.